The molecule has 0 radical (unpaired) electrons. The molecule has 4 aromatic rings. The number of benzene rings is 3. The number of hydrogen-bond donors (Lipinski definition) is 1. The second-order valence-electron chi connectivity index (χ2n) is 12.4. The van der Waals surface area contributed by atoms with Gasteiger partial charge in [0.1, 0.15) is 0 Å². The Morgan fingerprint density at radius 2 is 1.69 bits per heavy atom. The third-order valence-electron chi connectivity index (χ3n) is 8.05. The fraction of sp³-hybridized carbons (Fsp3) is 0.306. The van der Waals surface area contributed by atoms with Crippen LogP contribution in [0.3, 0.4) is 0 Å². The standard InChI is InChI=1S/C36H37ClN2O3/c1-22(2)24-12-16-28(17-13-24)38-32(40)21-42-35(41)33-29-8-6-7-9-31(29)39-34-25(18-23-10-14-27(37)15-11-23)19-26(20-30(33)34)36(3,4)5/h6-18,22,26H,19-21H2,1-5H3,(H,38,40)/b25-18+/t26-/m0/s1. The first kappa shape index (κ1) is 29.5. The molecule has 1 aliphatic carbocycles. The Morgan fingerprint density at radius 3 is 2.36 bits per heavy atom. The summed E-state index contributed by atoms with van der Waals surface area (Å²) in [6, 6.07) is 23.1. The Morgan fingerprint density at radius 1 is 1.00 bits per heavy atom. The van der Waals surface area contributed by atoms with Gasteiger partial charge in [0, 0.05) is 16.1 Å². The van der Waals surface area contributed by atoms with E-state index in [0.717, 1.165) is 34.2 Å². The number of carbonyl (C=O) groups excluding carboxylic acids is 2. The molecule has 0 fully saturated rings. The van der Waals surface area contributed by atoms with E-state index in [9.17, 15) is 9.59 Å². The molecule has 1 amide bonds. The van der Waals surface area contributed by atoms with Gasteiger partial charge in [-0.2, -0.15) is 0 Å². The highest BCUT2D eigenvalue weighted by Crippen LogP contribution is 2.45. The normalized spacial score (nSPS) is 16.0. The van der Waals surface area contributed by atoms with Gasteiger partial charge in [0.25, 0.3) is 5.91 Å². The first-order valence-electron chi connectivity index (χ1n) is 14.4. The molecule has 1 heterocycles. The SMILES string of the molecule is CC(C)c1ccc(NC(=O)COC(=O)c2c3c(nc4ccccc24)/C(=C/c2ccc(Cl)cc2)C[C@H](C(C)(C)C)C3)cc1. The lowest BCUT2D eigenvalue weighted by Gasteiger charge is -2.36. The number of fused-ring (bicyclic) bond motifs is 2. The van der Waals surface area contributed by atoms with Crippen molar-refractivity contribution < 1.29 is 14.3 Å². The maximum absolute atomic E-state index is 13.8. The van der Waals surface area contributed by atoms with Crippen LogP contribution < -0.4 is 5.32 Å². The third kappa shape index (κ3) is 6.57. The number of esters is 1. The average molecular weight is 581 g/mol. The molecule has 216 valence electrons. The maximum atomic E-state index is 13.8. The molecule has 42 heavy (non-hydrogen) atoms. The van der Waals surface area contributed by atoms with Crippen molar-refractivity contribution in [2.24, 2.45) is 11.3 Å². The molecule has 0 aliphatic heterocycles. The molecule has 0 bridgehead atoms. The first-order valence-corrected chi connectivity index (χ1v) is 14.8. The lowest BCUT2D eigenvalue weighted by atomic mass is 9.69. The van der Waals surface area contributed by atoms with Crippen LogP contribution >= 0.6 is 11.6 Å². The van der Waals surface area contributed by atoms with Crippen molar-refractivity contribution in [2.45, 2.75) is 53.4 Å². The summed E-state index contributed by atoms with van der Waals surface area (Å²) in [6.45, 7) is 10.5. The number of allylic oxidation sites excluding steroid dienone is 1. The van der Waals surface area contributed by atoms with Crippen LogP contribution in [0.15, 0.2) is 72.8 Å². The van der Waals surface area contributed by atoms with E-state index in [2.05, 4.69) is 46.0 Å². The molecular formula is C36H37ClN2O3. The summed E-state index contributed by atoms with van der Waals surface area (Å²) in [6.07, 6.45) is 3.66. The van der Waals surface area contributed by atoms with Crippen LogP contribution in [0, 0.1) is 11.3 Å². The molecule has 5 rings (SSSR count). The Kier molecular flexibility index (Phi) is 8.51. The van der Waals surface area contributed by atoms with E-state index in [0.29, 0.717) is 34.1 Å². The topological polar surface area (TPSA) is 68.3 Å². The van der Waals surface area contributed by atoms with Gasteiger partial charge in [0.05, 0.1) is 16.8 Å². The van der Waals surface area contributed by atoms with Crippen LogP contribution in [0.2, 0.25) is 5.02 Å². The van der Waals surface area contributed by atoms with Gasteiger partial charge >= 0.3 is 5.97 Å². The quantitative estimate of drug-likeness (QED) is 0.231. The van der Waals surface area contributed by atoms with Gasteiger partial charge in [-0.25, -0.2) is 9.78 Å². The van der Waals surface area contributed by atoms with Crippen molar-refractivity contribution in [2.75, 3.05) is 11.9 Å². The van der Waals surface area contributed by atoms with E-state index in [1.54, 1.807) is 0 Å². The molecule has 0 unspecified atom stereocenters. The molecule has 0 saturated heterocycles. The summed E-state index contributed by atoms with van der Waals surface area (Å²) in [4.78, 5) is 31.6. The molecule has 0 spiro atoms. The zero-order chi connectivity index (χ0) is 30.0. The smallest absolute Gasteiger partial charge is 0.339 e. The minimum Gasteiger partial charge on any atom is -0.452 e. The fourth-order valence-corrected chi connectivity index (χ4v) is 5.61. The number of aromatic nitrogens is 1. The number of nitrogens with zero attached hydrogens (tertiary/aromatic N) is 1. The van der Waals surface area contributed by atoms with Crippen molar-refractivity contribution in [1.29, 1.82) is 0 Å². The van der Waals surface area contributed by atoms with Gasteiger partial charge < -0.3 is 10.1 Å². The largest absolute Gasteiger partial charge is 0.452 e. The second kappa shape index (κ2) is 12.1. The van der Waals surface area contributed by atoms with Gasteiger partial charge in [-0.1, -0.05) is 88.7 Å². The Hall–Kier alpha value is -3.96. The van der Waals surface area contributed by atoms with E-state index in [-0.39, 0.29) is 23.8 Å². The van der Waals surface area contributed by atoms with Crippen LogP contribution in [0.1, 0.15) is 79.7 Å². The van der Waals surface area contributed by atoms with Gasteiger partial charge in [0.2, 0.25) is 0 Å². The average Bonchev–Trinajstić information content (AvgIpc) is 2.95. The Bertz CT molecular complexity index is 1650. The van der Waals surface area contributed by atoms with E-state index in [1.807, 2.05) is 72.8 Å². The summed E-state index contributed by atoms with van der Waals surface area (Å²) < 4.78 is 5.67. The van der Waals surface area contributed by atoms with Crippen LogP contribution in [-0.2, 0) is 16.0 Å². The predicted molar refractivity (Wildman–Crippen MR) is 172 cm³/mol. The minimum atomic E-state index is -0.518. The Balaban J connectivity index is 1.49. The number of para-hydroxylation sites is 1. The van der Waals surface area contributed by atoms with E-state index in [4.69, 9.17) is 21.3 Å². The third-order valence-corrected chi connectivity index (χ3v) is 8.30. The Labute approximate surface area is 253 Å². The summed E-state index contributed by atoms with van der Waals surface area (Å²) in [5.74, 6) is -0.231. The number of hydrogen-bond acceptors (Lipinski definition) is 4. The summed E-state index contributed by atoms with van der Waals surface area (Å²) in [7, 11) is 0. The number of pyridine rings is 1. The highest BCUT2D eigenvalue weighted by atomic mass is 35.5. The molecule has 1 aliphatic rings. The number of halogens is 1. The van der Waals surface area contributed by atoms with Gasteiger partial charge in [-0.05, 0) is 88.8 Å². The number of amides is 1. The van der Waals surface area contributed by atoms with E-state index < -0.39 is 5.97 Å². The minimum absolute atomic E-state index is 0.00536. The summed E-state index contributed by atoms with van der Waals surface area (Å²) >= 11 is 6.14. The van der Waals surface area contributed by atoms with Crippen LogP contribution in [-0.4, -0.2) is 23.5 Å². The monoisotopic (exact) mass is 580 g/mol. The molecule has 5 nitrogen and oxygen atoms in total. The fourth-order valence-electron chi connectivity index (χ4n) is 5.48. The molecule has 1 aromatic heterocycles. The van der Waals surface area contributed by atoms with Crippen molar-refractivity contribution >= 4 is 51.7 Å². The number of ether oxygens (including phenoxy) is 1. The van der Waals surface area contributed by atoms with Crippen molar-refractivity contribution in [3.63, 3.8) is 0 Å². The molecule has 6 heteroatoms. The molecule has 1 N–H and O–H groups in total. The number of nitrogens with one attached hydrogen (secondary N) is 1. The summed E-state index contributed by atoms with van der Waals surface area (Å²) in [5, 5.41) is 4.24. The number of anilines is 1. The van der Waals surface area contributed by atoms with Crippen molar-refractivity contribution in [3.05, 3.63) is 106 Å². The van der Waals surface area contributed by atoms with Gasteiger partial charge in [0.15, 0.2) is 6.61 Å². The number of carbonyl (C=O) groups is 2. The zero-order valence-corrected chi connectivity index (χ0v) is 25.6. The second-order valence-corrected chi connectivity index (χ2v) is 12.9. The van der Waals surface area contributed by atoms with Crippen LogP contribution in [0.5, 0.6) is 0 Å². The zero-order valence-electron chi connectivity index (χ0n) is 24.8. The summed E-state index contributed by atoms with van der Waals surface area (Å²) in [5.41, 5.74) is 6.82. The van der Waals surface area contributed by atoms with Crippen molar-refractivity contribution in [1.82, 2.24) is 4.98 Å². The molecule has 1 atom stereocenters. The predicted octanol–water partition coefficient (Wildman–Crippen LogP) is 8.96. The highest BCUT2D eigenvalue weighted by Gasteiger charge is 2.35. The maximum Gasteiger partial charge on any atom is 0.339 e. The molecule has 0 saturated carbocycles. The highest BCUT2D eigenvalue weighted by molar-refractivity contribution is 6.30. The van der Waals surface area contributed by atoms with Gasteiger partial charge in [-0.3, -0.25) is 4.79 Å². The number of rotatable bonds is 6. The van der Waals surface area contributed by atoms with E-state index >= 15 is 0 Å². The van der Waals surface area contributed by atoms with Gasteiger partial charge in [-0.15, -0.1) is 0 Å². The lowest BCUT2D eigenvalue weighted by Crippen LogP contribution is -2.29. The van der Waals surface area contributed by atoms with Crippen LogP contribution in [0.25, 0.3) is 22.6 Å². The van der Waals surface area contributed by atoms with E-state index in [1.165, 1.54) is 5.56 Å². The molecule has 3 aromatic carbocycles. The van der Waals surface area contributed by atoms with Crippen molar-refractivity contribution in [3.8, 4) is 0 Å². The first-order chi connectivity index (χ1) is 20.0. The lowest BCUT2D eigenvalue weighted by molar-refractivity contribution is -0.119. The van der Waals surface area contributed by atoms with Crippen LogP contribution in [0.4, 0.5) is 5.69 Å². The molecular weight excluding hydrogens is 544 g/mol.